The SMILES string of the molecule is C=C(F)CCC(=O)N(CC12CCC(c3ccc(C(F)(F)F)cn3)(CC1)CC2)c1cccc(-c2noc(C(C)(F)F)n2)c1. The molecule has 2 heterocycles. The van der Waals surface area contributed by atoms with Crippen LogP contribution in [-0.2, 0) is 22.3 Å². The van der Waals surface area contributed by atoms with Gasteiger partial charge in [0, 0.05) is 54.9 Å². The number of fused-ring (bicyclic) bond motifs is 3. The normalized spacial score (nSPS) is 22.3. The third-order valence-electron chi connectivity index (χ3n) is 8.66. The summed E-state index contributed by atoms with van der Waals surface area (Å²) in [5, 5.41) is 3.67. The van der Waals surface area contributed by atoms with Crippen LogP contribution in [-0.4, -0.2) is 27.6 Å². The van der Waals surface area contributed by atoms with Gasteiger partial charge in [-0.1, -0.05) is 23.9 Å². The first-order valence-corrected chi connectivity index (χ1v) is 13.7. The Morgan fingerprint density at radius 2 is 1.71 bits per heavy atom. The second kappa shape index (κ2) is 10.9. The zero-order valence-electron chi connectivity index (χ0n) is 23.0. The van der Waals surface area contributed by atoms with E-state index in [1.165, 1.54) is 6.07 Å². The first kappa shape index (κ1) is 29.8. The average Bonchev–Trinajstić information content (AvgIpc) is 3.47. The molecule has 1 aromatic carbocycles. The van der Waals surface area contributed by atoms with Gasteiger partial charge in [0.15, 0.2) is 0 Å². The number of carbonyl (C=O) groups excluding carboxylic acids is 1. The van der Waals surface area contributed by atoms with E-state index in [2.05, 4.69) is 21.7 Å². The first-order valence-electron chi connectivity index (χ1n) is 13.7. The van der Waals surface area contributed by atoms with Gasteiger partial charge in [0.2, 0.25) is 11.7 Å². The second-order valence-corrected chi connectivity index (χ2v) is 11.6. The van der Waals surface area contributed by atoms with Crippen molar-refractivity contribution in [3.8, 4) is 11.4 Å². The molecule has 2 bridgehead atoms. The Bertz CT molecular complexity index is 1440. The fraction of sp³-hybridized carbons (Fsp3) is 0.467. The molecular formula is C30H30F6N4O2. The summed E-state index contributed by atoms with van der Waals surface area (Å²) in [5.74, 6) is -5.13. The van der Waals surface area contributed by atoms with Crippen LogP contribution in [0.25, 0.3) is 11.4 Å². The van der Waals surface area contributed by atoms with Crippen molar-refractivity contribution >= 4 is 11.6 Å². The average molecular weight is 593 g/mol. The molecule has 0 atom stereocenters. The van der Waals surface area contributed by atoms with E-state index in [1.54, 1.807) is 29.2 Å². The number of carbonyl (C=O) groups is 1. The molecule has 6 nitrogen and oxygen atoms in total. The summed E-state index contributed by atoms with van der Waals surface area (Å²) in [6.07, 6.45) is 0.530. The molecule has 1 amide bonds. The third kappa shape index (κ3) is 6.07. The molecule has 12 heteroatoms. The lowest BCUT2D eigenvalue weighted by atomic mass is 9.52. The van der Waals surface area contributed by atoms with Crippen molar-refractivity contribution in [1.29, 1.82) is 0 Å². The summed E-state index contributed by atoms with van der Waals surface area (Å²) in [7, 11) is 0. The molecule has 3 aromatic rings. The summed E-state index contributed by atoms with van der Waals surface area (Å²) < 4.78 is 84.7. The number of hydrogen-bond acceptors (Lipinski definition) is 5. The van der Waals surface area contributed by atoms with E-state index in [-0.39, 0.29) is 35.4 Å². The highest BCUT2D eigenvalue weighted by atomic mass is 19.4. The van der Waals surface area contributed by atoms with Gasteiger partial charge in [-0.15, -0.1) is 0 Å². The number of hydrogen-bond donors (Lipinski definition) is 0. The highest BCUT2D eigenvalue weighted by Crippen LogP contribution is 2.58. The van der Waals surface area contributed by atoms with Gasteiger partial charge in [0.05, 0.1) is 11.4 Å². The summed E-state index contributed by atoms with van der Waals surface area (Å²) in [6.45, 7) is 4.24. The molecule has 0 saturated heterocycles. The fourth-order valence-corrected chi connectivity index (χ4v) is 6.13. The topological polar surface area (TPSA) is 72.1 Å². The standard InChI is InChI=1S/C30H30F6N4O2/c1-19(31)6-9-24(41)40(22-5-3-4-20(16-22)25-38-26(42-39-25)27(2,32)33)18-28-10-13-29(14-11-28,15-12-28)23-8-7-21(17-37-23)30(34,35)36/h3-5,7-8,16-17H,1,6,9-15,18H2,2H3. The first-order chi connectivity index (χ1) is 19.7. The zero-order chi connectivity index (χ0) is 30.3. The van der Waals surface area contributed by atoms with Crippen LogP contribution in [0.5, 0.6) is 0 Å². The summed E-state index contributed by atoms with van der Waals surface area (Å²) >= 11 is 0. The van der Waals surface area contributed by atoms with Gasteiger partial charge in [0.1, 0.15) is 0 Å². The van der Waals surface area contributed by atoms with Crippen LogP contribution in [0.3, 0.4) is 0 Å². The van der Waals surface area contributed by atoms with Crippen LogP contribution < -0.4 is 4.90 Å². The highest BCUT2D eigenvalue weighted by molar-refractivity contribution is 5.94. The van der Waals surface area contributed by atoms with Gasteiger partial charge in [-0.25, -0.2) is 4.39 Å². The number of rotatable bonds is 9. The van der Waals surface area contributed by atoms with E-state index in [9.17, 15) is 31.1 Å². The van der Waals surface area contributed by atoms with Gasteiger partial charge >= 0.3 is 12.1 Å². The van der Waals surface area contributed by atoms with E-state index in [4.69, 9.17) is 4.52 Å². The lowest BCUT2D eigenvalue weighted by Crippen LogP contribution is -2.51. The van der Waals surface area contributed by atoms with E-state index in [1.807, 2.05) is 0 Å². The zero-order valence-corrected chi connectivity index (χ0v) is 23.0. The monoisotopic (exact) mass is 592 g/mol. The minimum absolute atomic E-state index is 0.0553. The smallest absolute Gasteiger partial charge is 0.332 e. The molecular weight excluding hydrogens is 562 g/mol. The molecule has 3 aliphatic rings. The van der Waals surface area contributed by atoms with Crippen molar-refractivity contribution in [3.63, 3.8) is 0 Å². The Hall–Kier alpha value is -3.70. The van der Waals surface area contributed by atoms with Crippen molar-refractivity contribution in [2.75, 3.05) is 11.4 Å². The van der Waals surface area contributed by atoms with Crippen LogP contribution >= 0.6 is 0 Å². The molecule has 0 radical (unpaired) electrons. The molecule has 0 spiro atoms. The lowest BCUT2D eigenvalue weighted by Gasteiger charge is -2.54. The van der Waals surface area contributed by atoms with Gasteiger partial charge in [-0.2, -0.15) is 26.9 Å². The number of nitrogens with zero attached hydrogens (tertiary/aromatic N) is 4. The number of benzene rings is 1. The molecule has 3 saturated carbocycles. The Morgan fingerprint density at radius 3 is 2.26 bits per heavy atom. The quantitative estimate of drug-likeness (QED) is 0.235. The maximum absolute atomic E-state index is 13.7. The Kier molecular flexibility index (Phi) is 7.69. The predicted molar refractivity (Wildman–Crippen MR) is 142 cm³/mol. The van der Waals surface area contributed by atoms with Crippen LogP contribution in [0.4, 0.5) is 32.0 Å². The van der Waals surface area contributed by atoms with Crippen LogP contribution in [0, 0.1) is 5.41 Å². The predicted octanol–water partition coefficient (Wildman–Crippen LogP) is 8.15. The lowest BCUT2D eigenvalue weighted by molar-refractivity contribution is -0.137. The van der Waals surface area contributed by atoms with Crippen LogP contribution in [0.1, 0.15) is 75.4 Å². The Balaban J connectivity index is 1.38. The van der Waals surface area contributed by atoms with Crippen LogP contribution in [0.15, 0.2) is 59.5 Å². The molecule has 42 heavy (non-hydrogen) atoms. The number of allylic oxidation sites excluding steroid dienone is 1. The fourth-order valence-electron chi connectivity index (χ4n) is 6.13. The molecule has 3 aliphatic carbocycles. The van der Waals surface area contributed by atoms with Gasteiger partial charge < -0.3 is 9.42 Å². The number of halogens is 6. The van der Waals surface area contributed by atoms with Crippen LogP contribution in [0.2, 0.25) is 0 Å². The number of pyridine rings is 1. The molecule has 3 fully saturated rings. The Labute approximate surface area is 238 Å². The summed E-state index contributed by atoms with van der Waals surface area (Å²) in [5.41, 5.74) is 0.161. The van der Waals surface area contributed by atoms with E-state index in [0.717, 1.165) is 31.5 Å². The van der Waals surface area contributed by atoms with E-state index >= 15 is 0 Å². The van der Waals surface area contributed by atoms with Crippen molar-refractivity contribution in [1.82, 2.24) is 15.1 Å². The minimum Gasteiger partial charge on any atom is -0.332 e. The van der Waals surface area contributed by atoms with Gasteiger partial charge in [-0.3, -0.25) is 9.78 Å². The molecule has 6 rings (SSSR count). The third-order valence-corrected chi connectivity index (χ3v) is 8.66. The van der Waals surface area contributed by atoms with Crippen molar-refractivity contribution in [2.45, 2.75) is 75.8 Å². The van der Waals surface area contributed by atoms with Crippen molar-refractivity contribution in [3.05, 3.63) is 72.1 Å². The second-order valence-electron chi connectivity index (χ2n) is 11.6. The number of aromatic nitrogens is 3. The minimum atomic E-state index is -4.45. The highest BCUT2D eigenvalue weighted by Gasteiger charge is 2.51. The maximum Gasteiger partial charge on any atom is 0.417 e. The molecule has 0 unspecified atom stereocenters. The summed E-state index contributed by atoms with van der Waals surface area (Å²) in [4.78, 5) is 23.0. The number of alkyl halides is 5. The number of anilines is 1. The Morgan fingerprint density at radius 1 is 1.02 bits per heavy atom. The molecule has 2 aromatic heterocycles. The molecule has 0 aliphatic heterocycles. The van der Waals surface area contributed by atoms with Crippen molar-refractivity contribution in [2.24, 2.45) is 5.41 Å². The van der Waals surface area contributed by atoms with Crippen molar-refractivity contribution < 1.29 is 35.7 Å². The van der Waals surface area contributed by atoms with E-state index in [0.29, 0.717) is 49.7 Å². The largest absolute Gasteiger partial charge is 0.417 e. The molecule has 0 N–H and O–H groups in total. The van der Waals surface area contributed by atoms with E-state index < -0.39 is 29.4 Å². The molecule has 224 valence electrons. The maximum atomic E-state index is 13.7. The van der Waals surface area contributed by atoms with Gasteiger partial charge in [-0.05, 0) is 68.2 Å². The summed E-state index contributed by atoms with van der Waals surface area (Å²) in [6, 6.07) is 9.14. The van der Waals surface area contributed by atoms with Gasteiger partial charge in [0.25, 0.3) is 5.89 Å². The number of amides is 1.